The fraction of sp³-hybridized carbons (Fsp3) is 0.111. The lowest BCUT2D eigenvalue weighted by molar-refractivity contribution is -0.172. The molecule has 0 atom stereocenters. The van der Waals surface area contributed by atoms with Crippen molar-refractivity contribution in [1.82, 2.24) is 5.06 Å². The summed E-state index contributed by atoms with van der Waals surface area (Å²) in [5, 5.41) is 3.27. The van der Waals surface area contributed by atoms with Gasteiger partial charge in [-0.1, -0.05) is 23.9 Å². The molecule has 2 aliphatic heterocycles. The van der Waals surface area contributed by atoms with Gasteiger partial charge in [-0.2, -0.15) is 0 Å². The number of nitrogens with one attached hydrogen (secondary N) is 1. The van der Waals surface area contributed by atoms with Crippen molar-refractivity contribution < 1.29 is 24.0 Å². The molecule has 0 bridgehead atoms. The number of amides is 3. The number of carbonyl (C=O) groups is 4. The minimum atomic E-state index is -0.836. The highest BCUT2D eigenvalue weighted by atomic mass is 32.2. The summed E-state index contributed by atoms with van der Waals surface area (Å²) in [7, 11) is 0. The van der Waals surface area contributed by atoms with Gasteiger partial charge in [-0.05, 0) is 30.3 Å². The summed E-state index contributed by atoms with van der Waals surface area (Å²) >= 11 is 1.41. The van der Waals surface area contributed by atoms with Gasteiger partial charge in [0.2, 0.25) is 0 Å². The third-order valence-electron chi connectivity index (χ3n) is 4.00. The standard InChI is InChI=1S/C18H12N2O5S/c21-15-7-8-16(22)20(15)25-18(24)10-5-6-14-12(9-10)19-17(23)11-3-1-2-4-13(11)26-14/h1-6,9H,7-8H2,(H,19,23). The summed E-state index contributed by atoms with van der Waals surface area (Å²) in [5.41, 5.74) is 1.14. The maximum absolute atomic E-state index is 12.4. The van der Waals surface area contributed by atoms with Crippen LogP contribution in [0.3, 0.4) is 0 Å². The third-order valence-corrected chi connectivity index (χ3v) is 5.15. The fourth-order valence-corrected chi connectivity index (χ4v) is 3.70. The van der Waals surface area contributed by atoms with Gasteiger partial charge in [0.15, 0.2) is 0 Å². The van der Waals surface area contributed by atoms with Crippen LogP contribution in [-0.2, 0) is 14.4 Å². The van der Waals surface area contributed by atoms with E-state index in [0.29, 0.717) is 16.3 Å². The zero-order valence-corrected chi connectivity index (χ0v) is 14.2. The molecule has 2 heterocycles. The molecule has 0 radical (unpaired) electrons. The largest absolute Gasteiger partial charge is 0.363 e. The van der Waals surface area contributed by atoms with E-state index in [1.807, 2.05) is 12.1 Å². The van der Waals surface area contributed by atoms with Crippen LogP contribution in [0, 0.1) is 0 Å². The number of rotatable bonds is 2. The third kappa shape index (κ3) is 2.84. The minimum Gasteiger partial charge on any atom is -0.325 e. The molecule has 0 saturated carbocycles. The molecule has 4 rings (SSSR count). The van der Waals surface area contributed by atoms with Crippen LogP contribution in [-0.4, -0.2) is 28.8 Å². The molecule has 0 aromatic heterocycles. The van der Waals surface area contributed by atoms with E-state index in [0.717, 1.165) is 9.79 Å². The van der Waals surface area contributed by atoms with E-state index < -0.39 is 17.8 Å². The molecular formula is C18H12N2O5S. The number of nitrogens with zero attached hydrogens (tertiary/aromatic N) is 1. The second-order valence-corrected chi connectivity index (χ2v) is 6.81. The Morgan fingerprint density at radius 2 is 1.73 bits per heavy atom. The van der Waals surface area contributed by atoms with Crippen molar-refractivity contribution in [2.24, 2.45) is 0 Å². The molecule has 2 aromatic carbocycles. The van der Waals surface area contributed by atoms with E-state index in [9.17, 15) is 19.2 Å². The molecule has 2 aromatic rings. The number of fused-ring (bicyclic) bond motifs is 2. The quantitative estimate of drug-likeness (QED) is 0.819. The molecule has 0 spiro atoms. The van der Waals surface area contributed by atoms with Crippen LogP contribution in [0.2, 0.25) is 0 Å². The van der Waals surface area contributed by atoms with Gasteiger partial charge in [-0.3, -0.25) is 14.4 Å². The molecule has 7 nitrogen and oxygen atoms in total. The van der Waals surface area contributed by atoms with Crippen molar-refractivity contribution >= 4 is 41.1 Å². The van der Waals surface area contributed by atoms with E-state index in [4.69, 9.17) is 4.84 Å². The number of carbonyl (C=O) groups excluding carboxylic acids is 4. The van der Waals surface area contributed by atoms with E-state index in [1.165, 1.54) is 23.9 Å². The highest BCUT2D eigenvalue weighted by Crippen LogP contribution is 2.39. The number of hydrogen-bond donors (Lipinski definition) is 1. The van der Waals surface area contributed by atoms with Gasteiger partial charge in [0.05, 0.1) is 16.8 Å². The van der Waals surface area contributed by atoms with Crippen LogP contribution >= 0.6 is 11.8 Å². The average molecular weight is 368 g/mol. The number of anilines is 1. The van der Waals surface area contributed by atoms with E-state index in [1.54, 1.807) is 18.2 Å². The molecule has 0 aliphatic carbocycles. The number of imide groups is 1. The predicted octanol–water partition coefficient (Wildman–Crippen LogP) is 2.62. The first kappa shape index (κ1) is 16.3. The maximum Gasteiger partial charge on any atom is 0.363 e. The van der Waals surface area contributed by atoms with Crippen LogP contribution in [0.4, 0.5) is 5.69 Å². The Morgan fingerprint density at radius 1 is 1.00 bits per heavy atom. The lowest BCUT2D eigenvalue weighted by atomic mass is 10.2. The summed E-state index contributed by atoms with van der Waals surface area (Å²) in [6, 6.07) is 11.9. The van der Waals surface area contributed by atoms with Gasteiger partial charge in [0, 0.05) is 22.6 Å². The normalized spacial score (nSPS) is 15.8. The number of benzene rings is 2. The van der Waals surface area contributed by atoms with Crippen LogP contribution in [0.25, 0.3) is 0 Å². The lowest BCUT2D eigenvalue weighted by Gasteiger charge is -2.13. The topological polar surface area (TPSA) is 92.8 Å². The number of hydrogen-bond acceptors (Lipinski definition) is 6. The highest BCUT2D eigenvalue weighted by Gasteiger charge is 2.33. The van der Waals surface area contributed by atoms with E-state index in [-0.39, 0.29) is 24.3 Å². The van der Waals surface area contributed by atoms with Crippen LogP contribution in [0.15, 0.2) is 52.3 Å². The second kappa shape index (κ2) is 6.30. The maximum atomic E-state index is 12.4. The molecular weight excluding hydrogens is 356 g/mol. The van der Waals surface area contributed by atoms with Gasteiger partial charge in [-0.15, -0.1) is 5.06 Å². The Hall–Kier alpha value is -3.13. The summed E-state index contributed by atoms with van der Waals surface area (Å²) in [4.78, 5) is 54.3. The van der Waals surface area contributed by atoms with Gasteiger partial charge >= 0.3 is 5.97 Å². The lowest BCUT2D eigenvalue weighted by Crippen LogP contribution is -2.32. The first-order valence-corrected chi connectivity index (χ1v) is 8.65. The summed E-state index contributed by atoms with van der Waals surface area (Å²) < 4.78 is 0. The van der Waals surface area contributed by atoms with E-state index >= 15 is 0 Å². The average Bonchev–Trinajstić information content (AvgIpc) is 2.87. The van der Waals surface area contributed by atoms with E-state index in [2.05, 4.69) is 5.32 Å². The molecule has 8 heteroatoms. The molecule has 26 heavy (non-hydrogen) atoms. The zero-order valence-electron chi connectivity index (χ0n) is 13.4. The molecule has 1 N–H and O–H groups in total. The molecule has 130 valence electrons. The SMILES string of the molecule is O=C(ON1C(=O)CCC1=O)c1ccc2c(c1)NC(=O)c1ccccc1S2. The van der Waals surface area contributed by atoms with Crippen molar-refractivity contribution in [3.8, 4) is 0 Å². The predicted molar refractivity (Wildman–Crippen MR) is 91.5 cm³/mol. The Kier molecular flexibility index (Phi) is 3.96. The summed E-state index contributed by atoms with van der Waals surface area (Å²) in [6.07, 6.45) is 0.0580. The summed E-state index contributed by atoms with van der Waals surface area (Å²) in [5.74, 6) is -2.20. The van der Waals surface area contributed by atoms with Crippen molar-refractivity contribution in [2.75, 3.05) is 5.32 Å². The zero-order chi connectivity index (χ0) is 18.3. The Balaban J connectivity index is 1.61. The molecule has 3 amide bonds. The van der Waals surface area contributed by atoms with Crippen LogP contribution in [0.1, 0.15) is 33.6 Å². The molecule has 1 saturated heterocycles. The Morgan fingerprint density at radius 3 is 2.50 bits per heavy atom. The van der Waals surface area contributed by atoms with Gasteiger partial charge in [0.1, 0.15) is 0 Å². The van der Waals surface area contributed by atoms with Gasteiger partial charge < -0.3 is 10.2 Å². The Bertz CT molecular complexity index is 956. The fourth-order valence-electron chi connectivity index (χ4n) is 2.69. The van der Waals surface area contributed by atoms with Crippen molar-refractivity contribution in [3.63, 3.8) is 0 Å². The van der Waals surface area contributed by atoms with Crippen molar-refractivity contribution in [1.29, 1.82) is 0 Å². The van der Waals surface area contributed by atoms with Crippen LogP contribution in [0.5, 0.6) is 0 Å². The minimum absolute atomic E-state index is 0.0290. The first-order chi connectivity index (χ1) is 12.5. The smallest absolute Gasteiger partial charge is 0.325 e. The highest BCUT2D eigenvalue weighted by molar-refractivity contribution is 7.99. The molecule has 0 unspecified atom stereocenters. The van der Waals surface area contributed by atoms with Gasteiger partial charge in [-0.25, -0.2) is 4.79 Å². The monoisotopic (exact) mass is 368 g/mol. The van der Waals surface area contributed by atoms with Crippen molar-refractivity contribution in [3.05, 3.63) is 53.6 Å². The molecule has 1 fully saturated rings. The van der Waals surface area contributed by atoms with Crippen molar-refractivity contribution in [2.45, 2.75) is 22.6 Å². The Labute approximate surface area is 152 Å². The molecule has 2 aliphatic rings. The number of hydroxylamine groups is 2. The second-order valence-electron chi connectivity index (χ2n) is 5.72. The summed E-state index contributed by atoms with van der Waals surface area (Å²) in [6.45, 7) is 0. The van der Waals surface area contributed by atoms with Gasteiger partial charge in [0.25, 0.3) is 17.7 Å². The first-order valence-electron chi connectivity index (χ1n) is 7.83. The van der Waals surface area contributed by atoms with Crippen LogP contribution < -0.4 is 5.32 Å².